The average Bonchev–Trinajstić information content (AvgIpc) is 2.89. The molecule has 180 valence electrons. The minimum Gasteiger partial charge on any atom is -0.481 e. The normalized spacial score (nSPS) is 12.1. The zero-order valence-electron chi connectivity index (χ0n) is 19.4. The minimum atomic E-state index is -0.772. The summed E-state index contributed by atoms with van der Waals surface area (Å²) in [6.45, 7) is 1.64. The van der Waals surface area contributed by atoms with E-state index in [0.717, 1.165) is 20.8 Å². The summed E-state index contributed by atoms with van der Waals surface area (Å²) >= 11 is 3.40. The van der Waals surface area contributed by atoms with Gasteiger partial charge in [0.05, 0.1) is 6.21 Å². The fourth-order valence-electron chi connectivity index (χ4n) is 3.34. The molecule has 4 aromatic carbocycles. The van der Waals surface area contributed by atoms with E-state index in [2.05, 4.69) is 26.5 Å². The molecule has 0 spiro atoms. The third kappa shape index (κ3) is 6.90. The van der Waals surface area contributed by atoms with Gasteiger partial charge in [-0.15, -0.1) is 0 Å². The Morgan fingerprint density at radius 1 is 0.917 bits per heavy atom. The Bertz CT molecular complexity index is 1430. The summed E-state index contributed by atoms with van der Waals surface area (Å²) in [6.07, 6.45) is 3.67. The highest BCUT2D eigenvalue weighted by Crippen LogP contribution is 2.23. The zero-order chi connectivity index (χ0) is 25.3. The number of ether oxygens (including phenoxy) is 2. The van der Waals surface area contributed by atoms with Crippen LogP contribution in [0.3, 0.4) is 0 Å². The van der Waals surface area contributed by atoms with Crippen LogP contribution in [-0.4, -0.2) is 24.2 Å². The second-order valence-corrected chi connectivity index (χ2v) is 8.77. The maximum Gasteiger partial charge on any atom is 0.336 e. The molecule has 1 amide bonds. The molecule has 4 rings (SSSR count). The molecule has 36 heavy (non-hydrogen) atoms. The number of nitrogens with zero attached hydrogens (tertiary/aromatic N) is 1. The molecule has 7 heteroatoms. The van der Waals surface area contributed by atoms with E-state index in [-0.39, 0.29) is 0 Å². The van der Waals surface area contributed by atoms with Gasteiger partial charge < -0.3 is 9.47 Å². The monoisotopic (exact) mass is 542 g/mol. The van der Waals surface area contributed by atoms with E-state index in [9.17, 15) is 9.59 Å². The molecule has 0 aliphatic rings. The lowest BCUT2D eigenvalue weighted by molar-refractivity contribution is -0.129. The standard InChI is InChI=1S/C29H23BrN2O4/c1-20(35-26-14-12-22-9-5-6-10-23(22)18-26)29(34)32-31-19-24-17-25(30)13-15-27(24)36-28(33)16-11-21-7-3-2-4-8-21/h2-20H,1H3,(H,32,34)/b16-11+,31-19+. The first-order chi connectivity index (χ1) is 17.5. The second-order valence-electron chi connectivity index (χ2n) is 7.85. The van der Waals surface area contributed by atoms with Crippen LogP contribution >= 0.6 is 15.9 Å². The van der Waals surface area contributed by atoms with Gasteiger partial charge in [0, 0.05) is 16.1 Å². The fourth-order valence-corrected chi connectivity index (χ4v) is 3.72. The first-order valence-electron chi connectivity index (χ1n) is 11.2. The lowest BCUT2D eigenvalue weighted by Gasteiger charge is -2.13. The Balaban J connectivity index is 1.37. The van der Waals surface area contributed by atoms with Gasteiger partial charge in [-0.2, -0.15) is 5.10 Å². The molecule has 0 aromatic heterocycles. The van der Waals surface area contributed by atoms with Crippen molar-refractivity contribution in [2.75, 3.05) is 0 Å². The van der Waals surface area contributed by atoms with E-state index >= 15 is 0 Å². The van der Waals surface area contributed by atoms with Gasteiger partial charge in [0.25, 0.3) is 5.91 Å². The third-order valence-corrected chi connectivity index (χ3v) is 5.67. The predicted molar refractivity (Wildman–Crippen MR) is 145 cm³/mol. The zero-order valence-corrected chi connectivity index (χ0v) is 21.0. The summed E-state index contributed by atoms with van der Waals surface area (Å²) in [5.74, 6) is -0.0551. The number of amides is 1. The molecule has 0 saturated carbocycles. The topological polar surface area (TPSA) is 77.0 Å². The highest BCUT2D eigenvalue weighted by Gasteiger charge is 2.14. The van der Waals surface area contributed by atoms with Gasteiger partial charge in [0.1, 0.15) is 11.5 Å². The van der Waals surface area contributed by atoms with E-state index in [1.54, 1.807) is 31.2 Å². The second kappa shape index (κ2) is 12.0. The molecule has 1 unspecified atom stereocenters. The van der Waals surface area contributed by atoms with Crippen molar-refractivity contribution in [1.82, 2.24) is 5.43 Å². The Morgan fingerprint density at radius 3 is 2.47 bits per heavy atom. The van der Waals surface area contributed by atoms with E-state index in [1.807, 2.05) is 72.8 Å². The van der Waals surface area contributed by atoms with E-state index in [1.165, 1.54) is 12.3 Å². The largest absolute Gasteiger partial charge is 0.481 e. The predicted octanol–water partition coefficient (Wildman–Crippen LogP) is 6.14. The average molecular weight is 543 g/mol. The van der Waals surface area contributed by atoms with Gasteiger partial charge in [-0.05, 0) is 59.7 Å². The summed E-state index contributed by atoms with van der Waals surface area (Å²) < 4.78 is 12.0. The summed E-state index contributed by atoms with van der Waals surface area (Å²) in [6, 6.07) is 28.1. The molecule has 1 atom stereocenters. The molecule has 0 radical (unpaired) electrons. The van der Waals surface area contributed by atoms with Crippen LogP contribution in [0, 0.1) is 0 Å². The molecule has 0 bridgehead atoms. The number of hydrogen-bond acceptors (Lipinski definition) is 5. The van der Waals surface area contributed by atoms with Crippen molar-refractivity contribution < 1.29 is 19.1 Å². The lowest BCUT2D eigenvalue weighted by atomic mass is 10.1. The number of fused-ring (bicyclic) bond motifs is 1. The van der Waals surface area contributed by atoms with E-state index < -0.39 is 18.0 Å². The van der Waals surface area contributed by atoms with Crippen LogP contribution in [0.5, 0.6) is 11.5 Å². The number of hydrogen-bond donors (Lipinski definition) is 1. The maximum atomic E-state index is 12.5. The summed E-state index contributed by atoms with van der Waals surface area (Å²) in [5, 5.41) is 6.14. The van der Waals surface area contributed by atoms with Crippen molar-refractivity contribution in [2.45, 2.75) is 13.0 Å². The van der Waals surface area contributed by atoms with Gasteiger partial charge in [-0.1, -0.05) is 76.6 Å². The summed E-state index contributed by atoms with van der Waals surface area (Å²) in [5.41, 5.74) is 3.86. The number of benzene rings is 4. The number of carbonyl (C=O) groups is 2. The number of halogens is 1. The number of hydrazone groups is 1. The molecule has 0 saturated heterocycles. The SMILES string of the molecule is CC(Oc1ccc2ccccc2c1)C(=O)N/N=C/c1cc(Br)ccc1OC(=O)/C=C/c1ccccc1. The Labute approximate surface area is 217 Å². The Kier molecular flexibility index (Phi) is 8.26. The van der Waals surface area contributed by atoms with Gasteiger partial charge in [-0.3, -0.25) is 4.79 Å². The van der Waals surface area contributed by atoms with Crippen molar-refractivity contribution in [1.29, 1.82) is 0 Å². The molecule has 0 heterocycles. The smallest absolute Gasteiger partial charge is 0.336 e. The minimum absolute atomic E-state index is 0.305. The highest BCUT2D eigenvalue weighted by atomic mass is 79.9. The fraction of sp³-hybridized carbons (Fsp3) is 0.0690. The molecule has 0 aliphatic heterocycles. The van der Waals surface area contributed by atoms with Crippen LogP contribution in [0.25, 0.3) is 16.8 Å². The van der Waals surface area contributed by atoms with Crippen LogP contribution in [0.1, 0.15) is 18.1 Å². The third-order valence-electron chi connectivity index (χ3n) is 5.18. The highest BCUT2D eigenvalue weighted by molar-refractivity contribution is 9.10. The number of esters is 1. The summed E-state index contributed by atoms with van der Waals surface area (Å²) in [7, 11) is 0. The Hall–Kier alpha value is -4.23. The molecule has 6 nitrogen and oxygen atoms in total. The van der Waals surface area contributed by atoms with Crippen molar-refractivity contribution in [3.63, 3.8) is 0 Å². The van der Waals surface area contributed by atoms with Crippen LogP contribution in [0.4, 0.5) is 0 Å². The maximum absolute atomic E-state index is 12.5. The van der Waals surface area contributed by atoms with Crippen LogP contribution in [0.15, 0.2) is 107 Å². The van der Waals surface area contributed by atoms with Crippen LogP contribution in [0.2, 0.25) is 0 Å². The van der Waals surface area contributed by atoms with E-state index in [0.29, 0.717) is 17.1 Å². The van der Waals surface area contributed by atoms with Crippen LogP contribution < -0.4 is 14.9 Å². The Morgan fingerprint density at radius 2 is 1.67 bits per heavy atom. The van der Waals surface area contributed by atoms with Gasteiger partial charge in [-0.25, -0.2) is 10.2 Å². The van der Waals surface area contributed by atoms with Crippen molar-refractivity contribution in [3.05, 3.63) is 113 Å². The number of nitrogens with one attached hydrogen (secondary N) is 1. The van der Waals surface area contributed by atoms with Crippen molar-refractivity contribution in [3.8, 4) is 11.5 Å². The molecular formula is C29H23BrN2O4. The molecular weight excluding hydrogens is 520 g/mol. The van der Waals surface area contributed by atoms with E-state index in [4.69, 9.17) is 9.47 Å². The first-order valence-corrected chi connectivity index (χ1v) is 12.0. The van der Waals surface area contributed by atoms with Gasteiger partial charge in [0.15, 0.2) is 6.10 Å². The molecule has 4 aromatic rings. The van der Waals surface area contributed by atoms with Crippen molar-refractivity contribution in [2.24, 2.45) is 5.10 Å². The molecule has 1 N–H and O–H groups in total. The molecule has 0 aliphatic carbocycles. The number of rotatable bonds is 8. The van der Waals surface area contributed by atoms with Crippen molar-refractivity contribution >= 4 is 50.9 Å². The first kappa shape index (κ1) is 24.9. The summed E-state index contributed by atoms with van der Waals surface area (Å²) in [4.78, 5) is 24.8. The lowest BCUT2D eigenvalue weighted by Crippen LogP contribution is -2.33. The van der Waals surface area contributed by atoms with Crippen LogP contribution in [-0.2, 0) is 9.59 Å². The quantitative estimate of drug-likeness (QED) is 0.0953. The van der Waals surface area contributed by atoms with Gasteiger partial charge in [0.2, 0.25) is 0 Å². The number of carbonyl (C=O) groups excluding carboxylic acids is 2. The van der Waals surface area contributed by atoms with Gasteiger partial charge >= 0.3 is 5.97 Å². The molecule has 0 fully saturated rings.